The van der Waals surface area contributed by atoms with Crippen LogP contribution in [0.15, 0.2) is 20.7 Å². The molecule has 1 aliphatic heterocycles. The molecule has 0 aromatic heterocycles. The summed E-state index contributed by atoms with van der Waals surface area (Å²) in [6, 6.07) is 0. The van der Waals surface area contributed by atoms with Crippen LogP contribution < -0.4 is 0 Å². The highest BCUT2D eigenvalue weighted by atomic mass is 35.6. The van der Waals surface area contributed by atoms with Gasteiger partial charge in [-0.1, -0.05) is 34.8 Å². The van der Waals surface area contributed by atoms with Gasteiger partial charge < -0.3 is 0 Å². The smallest absolute Gasteiger partial charge is 0.130 e. The Balaban J connectivity index is 2.90. The van der Waals surface area contributed by atoms with Crippen molar-refractivity contribution in [2.24, 2.45) is 20.7 Å². The van der Waals surface area contributed by atoms with E-state index in [1.54, 1.807) is 0 Å². The Morgan fingerprint density at radius 2 is 1.50 bits per heavy atom. The van der Waals surface area contributed by atoms with Crippen LogP contribution in [0.4, 0.5) is 0 Å². The molecule has 0 bridgehead atoms. The number of nitrogens with zero attached hydrogens (tertiary/aromatic N) is 4. The summed E-state index contributed by atoms with van der Waals surface area (Å²) in [5.41, 5.74) is -1.16. The highest BCUT2D eigenvalue weighted by Crippen LogP contribution is 2.43. The topological polar surface area (TPSA) is 49.4 Å². The Bertz CT molecular complexity index is 180. The van der Waals surface area contributed by atoms with Crippen LogP contribution in [0, 0.1) is 0 Å². The van der Waals surface area contributed by atoms with E-state index in [0.29, 0.717) is 0 Å². The van der Waals surface area contributed by atoms with Gasteiger partial charge in [0.2, 0.25) is 9.46 Å². The van der Waals surface area contributed by atoms with Gasteiger partial charge in [-0.2, -0.15) is 0 Å². The lowest BCUT2D eigenvalue weighted by atomic mass is 10.3. The van der Waals surface area contributed by atoms with Gasteiger partial charge in [-0.3, -0.25) is 0 Å². The quantitative estimate of drug-likeness (QED) is 0.541. The third-order valence-electron chi connectivity index (χ3n) is 1.06. The number of halogens is 3. The van der Waals surface area contributed by atoms with Gasteiger partial charge >= 0.3 is 0 Å². The summed E-state index contributed by atoms with van der Waals surface area (Å²) in [5, 5.41) is 13.5. The van der Waals surface area contributed by atoms with Crippen molar-refractivity contribution >= 4 is 34.8 Å². The van der Waals surface area contributed by atoms with Crippen LogP contribution in [0.5, 0.6) is 0 Å². The summed E-state index contributed by atoms with van der Waals surface area (Å²) in [5.74, 6) is 0. The molecule has 0 amide bonds. The van der Waals surface area contributed by atoms with Gasteiger partial charge in [-0.05, 0) is 17.4 Å². The van der Waals surface area contributed by atoms with Crippen LogP contribution in [0.3, 0.4) is 0 Å². The average molecular weight is 201 g/mol. The molecular weight excluding hydrogens is 198 g/mol. The minimum absolute atomic E-state index is 1.16. The molecule has 1 heterocycles. The van der Waals surface area contributed by atoms with Crippen LogP contribution >= 0.6 is 34.8 Å². The minimum Gasteiger partial charge on any atom is -0.130 e. The molecule has 0 unspecified atom stereocenters. The molecule has 1 aliphatic rings. The Labute approximate surface area is 72.2 Å². The van der Waals surface area contributed by atoms with Gasteiger partial charge in [0, 0.05) is 0 Å². The van der Waals surface area contributed by atoms with Gasteiger partial charge in [-0.15, -0.1) is 10.2 Å². The number of hydrogen-bond acceptors (Lipinski definition) is 4. The Kier molecular flexibility index (Phi) is 1.87. The molecule has 0 aromatic carbocycles. The van der Waals surface area contributed by atoms with Crippen molar-refractivity contribution in [2.75, 3.05) is 0 Å². The molecule has 56 valence electrons. The predicted octanol–water partition coefficient (Wildman–Crippen LogP) is 2.91. The van der Waals surface area contributed by atoms with E-state index >= 15 is 0 Å². The average Bonchev–Trinajstić information content (AvgIpc) is 2.13. The van der Waals surface area contributed by atoms with E-state index in [-0.39, 0.29) is 0 Å². The zero-order valence-corrected chi connectivity index (χ0v) is 7.19. The minimum atomic E-state index is -1.59. The maximum atomic E-state index is 5.50. The Hall–Kier alpha value is 0.0700. The number of alkyl halides is 3. The van der Waals surface area contributed by atoms with Crippen LogP contribution in [-0.4, -0.2) is 9.46 Å². The lowest BCUT2D eigenvalue weighted by Crippen LogP contribution is -2.33. The predicted molar refractivity (Wildman–Crippen MR) is 38.4 cm³/mol. The molecule has 1 rings (SSSR count). The van der Waals surface area contributed by atoms with Crippen LogP contribution in [-0.2, 0) is 0 Å². The zero-order valence-electron chi connectivity index (χ0n) is 4.92. The van der Waals surface area contributed by atoms with Crippen LogP contribution in [0.2, 0.25) is 0 Å². The SMILES string of the molecule is CC1(C(Cl)(Cl)Cl)N=NN=N1. The lowest BCUT2D eigenvalue weighted by Gasteiger charge is -2.21. The summed E-state index contributed by atoms with van der Waals surface area (Å²) in [4.78, 5) is 0. The molecule has 0 spiro atoms. The lowest BCUT2D eigenvalue weighted by molar-refractivity contribution is 0.499. The number of rotatable bonds is 0. The molecule has 0 fully saturated rings. The van der Waals surface area contributed by atoms with Crippen LogP contribution in [0.25, 0.3) is 0 Å². The molecular formula is C3H3Cl3N4. The summed E-state index contributed by atoms with van der Waals surface area (Å²) in [6.45, 7) is 1.53. The summed E-state index contributed by atoms with van der Waals surface area (Å²) < 4.78 is -1.59. The highest BCUT2D eigenvalue weighted by molar-refractivity contribution is 6.68. The van der Waals surface area contributed by atoms with E-state index in [2.05, 4.69) is 20.7 Å². The van der Waals surface area contributed by atoms with Crippen molar-refractivity contribution in [3.05, 3.63) is 0 Å². The fourth-order valence-electron chi connectivity index (χ4n) is 0.348. The first-order valence-corrected chi connectivity index (χ1v) is 3.50. The van der Waals surface area contributed by atoms with E-state index in [1.165, 1.54) is 6.92 Å². The molecule has 10 heavy (non-hydrogen) atoms. The first-order chi connectivity index (χ1) is 4.46. The Morgan fingerprint density at radius 3 is 1.70 bits per heavy atom. The van der Waals surface area contributed by atoms with Gasteiger partial charge in [0.25, 0.3) is 0 Å². The first-order valence-electron chi connectivity index (χ1n) is 2.36. The van der Waals surface area contributed by atoms with Crippen molar-refractivity contribution in [1.29, 1.82) is 0 Å². The third-order valence-corrected chi connectivity index (χ3v) is 2.13. The molecule has 0 N–H and O–H groups in total. The third kappa shape index (κ3) is 1.24. The second-order valence-electron chi connectivity index (χ2n) is 1.90. The van der Waals surface area contributed by atoms with Crippen molar-refractivity contribution in [1.82, 2.24) is 0 Å². The summed E-state index contributed by atoms with van der Waals surface area (Å²) >= 11 is 16.5. The van der Waals surface area contributed by atoms with E-state index in [9.17, 15) is 0 Å². The van der Waals surface area contributed by atoms with E-state index in [0.717, 1.165) is 0 Å². The summed E-state index contributed by atoms with van der Waals surface area (Å²) in [6.07, 6.45) is 0. The van der Waals surface area contributed by atoms with Gasteiger partial charge in [0.05, 0.1) is 0 Å². The molecule has 0 aliphatic carbocycles. The van der Waals surface area contributed by atoms with Gasteiger partial charge in [0.1, 0.15) is 0 Å². The largest absolute Gasteiger partial charge is 0.238 e. The monoisotopic (exact) mass is 200 g/mol. The van der Waals surface area contributed by atoms with Gasteiger partial charge in [0.15, 0.2) is 0 Å². The highest BCUT2D eigenvalue weighted by Gasteiger charge is 2.48. The molecule has 0 atom stereocenters. The summed E-state index contributed by atoms with van der Waals surface area (Å²) in [7, 11) is 0. The van der Waals surface area contributed by atoms with Crippen molar-refractivity contribution in [3.63, 3.8) is 0 Å². The zero-order chi connectivity index (χ0) is 7.83. The van der Waals surface area contributed by atoms with E-state index in [1.807, 2.05) is 0 Å². The molecule has 7 heteroatoms. The fraction of sp³-hybridized carbons (Fsp3) is 1.00. The van der Waals surface area contributed by atoms with Crippen molar-refractivity contribution in [2.45, 2.75) is 16.4 Å². The molecule has 0 aromatic rings. The maximum absolute atomic E-state index is 5.50. The molecule has 0 saturated heterocycles. The number of hydrogen-bond donors (Lipinski definition) is 0. The maximum Gasteiger partial charge on any atom is 0.238 e. The molecule has 0 radical (unpaired) electrons. The standard InChI is InChI=1S/C3H3Cl3N4/c1-2(3(4,5)6)7-9-10-8-2/h1H3. The second-order valence-corrected chi connectivity index (χ2v) is 4.18. The fourth-order valence-corrected chi connectivity index (χ4v) is 0.574. The normalized spacial score (nSPS) is 22.0. The van der Waals surface area contributed by atoms with E-state index < -0.39 is 9.46 Å². The van der Waals surface area contributed by atoms with Crippen LogP contribution in [0.1, 0.15) is 6.92 Å². The second kappa shape index (κ2) is 2.29. The van der Waals surface area contributed by atoms with E-state index in [4.69, 9.17) is 34.8 Å². The van der Waals surface area contributed by atoms with Crippen molar-refractivity contribution in [3.8, 4) is 0 Å². The first kappa shape index (κ1) is 8.17. The van der Waals surface area contributed by atoms with Crippen molar-refractivity contribution < 1.29 is 0 Å². The van der Waals surface area contributed by atoms with Gasteiger partial charge in [-0.25, -0.2) is 0 Å². The Morgan fingerprint density at radius 1 is 1.10 bits per heavy atom. The molecule has 4 nitrogen and oxygen atoms in total. The molecule has 0 saturated carbocycles.